The van der Waals surface area contributed by atoms with Gasteiger partial charge in [0.25, 0.3) is 0 Å². The van der Waals surface area contributed by atoms with Crippen LogP contribution in [0.15, 0.2) is 24.3 Å². The van der Waals surface area contributed by atoms with E-state index in [-0.39, 0.29) is 5.56 Å². The van der Waals surface area contributed by atoms with Crippen LogP contribution in [-0.4, -0.2) is 16.1 Å². The number of benzene rings is 1. The monoisotopic (exact) mass is 310 g/mol. The number of nitrogens with zero attached hydrogens (tertiary/aromatic N) is 1. The van der Waals surface area contributed by atoms with Crippen LogP contribution in [0.4, 0.5) is 11.5 Å². The third kappa shape index (κ3) is 3.03. The number of carboxylic acids is 1. The fourth-order valence-corrected chi connectivity index (χ4v) is 2.22. The van der Waals surface area contributed by atoms with E-state index < -0.39 is 5.97 Å². The summed E-state index contributed by atoms with van der Waals surface area (Å²) in [7, 11) is 0. The summed E-state index contributed by atoms with van der Waals surface area (Å²) < 4.78 is 0. The summed E-state index contributed by atoms with van der Waals surface area (Å²) in [5.74, 6) is -0.628. The average molecular weight is 311 g/mol. The highest BCUT2D eigenvalue weighted by molar-refractivity contribution is 6.39. The Labute approximate surface area is 126 Å². The number of hydrogen-bond acceptors (Lipinski definition) is 3. The minimum absolute atomic E-state index is 0.153. The van der Waals surface area contributed by atoms with Crippen molar-refractivity contribution in [2.45, 2.75) is 13.8 Å². The first-order valence-corrected chi connectivity index (χ1v) is 6.57. The van der Waals surface area contributed by atoms with Crippen LogP contribution in [0.3, 0.4) is 0 Å². The van der Waals surface area contributed by atoms with E-state index in [1.807, 2.05) is 13.0 Å². The van der Waals surface area contributed by atoms with Gasteiger partial charge in [-0.2, -0.15) is 0 Å². The summed E-state index contributed by atoms with van der Waals surface area (Å²) >= 11 is 12.3. The van der Waals surface area contributed by atoms with Crippen molar-refractivity contribution < 1.29 is 9.90 Å². The lowest BCUT2D eigenvalue weighted by Crippen LogP contribution is -2.02. The molecule has 2 rings (SSSR count). The van der Waals surface area contributed by atoms with Crippen molar-refractivity contribution in [3.63, 3.8) is 0 Å². The Morgan fingerprint density at radius 2 is 1.95 bits per heavy atom. The van der Waals surface area contributed by atoms with Gasteiger partial charge in [-0.15, -0.1) is 0 Å². The standard InChI is InChI=1S/C14H12Cl2N2O2/c1-7-3-4-10(15)13(12(7)16)18-11-6-9(14(19)20)5-8(2)17-11/h3-6H,1-2H3,(H,17,18)(H,19,20). The summed E-state index contributed by atoms with van der Waals surface area (Å²) in [6.45, 7) is 3.58. The molecule has 0 saturated heterocycles. The fraction of sp³-hybridized carbons (Fsp3) is 0.143. The predicted molar refractivity (Wildman–Crippen MR) is 80.4 cm³/mol. The molecule has 0 fully saturated rings. The fourth-order valence-electron chi connectivity index (χ4n) is 1.76. The first-order valence-electron chi connectivity index (χ1n) is 5.82. The van der Waals surface area contributed by atoms with Crippen LogP contribution in [0.2, 0.25) is 10.0 Å². The molecule has 0 amide bonds. The van der Waals surface area contributed by atoms with Gasteiger partial charge in [-0.25, -0.2) is 9.78 Å². The molecule has 0 bridgehead atoms. The van der Waals surface area contributed by atoms with Crippen molar-refractivity contribution in [1.29, 1.82) is 0 Å². The second kappa shape index (κ2) is 5.69. The van der Waals surface area contributed by atoms with Crippen LogP contribution >= 0.6 is 23.2 Å². The molecule has 1 aromatic heterocycles. The number of hydrogen-bond donors (Lipinski definition) is 2. The lowest BCUT2D eigenvalue weighted by atomic mass is 10.2. The molecule has 0 aliphatic carbocycles. The van der Waals surface area contributed by atoms with E-state index in [0.29, 0.717) is 27.2 Å². The highest BCUT2D eigenvalue weighted by Gasteiger charge is 2.11. The Morgan fingerprint density at radius 3 is 2.60 bits per heavy atom. The van der Waals surface area contributed by atoms with E-state index in [2.05, 4.69) is 10.3 Å². The van der Waals surface area contributed by atoms with Crippen molar-refractivity contribution in [1.82, 2.24) is 4.98 Å². The predicted octanol–water partition coefficient (Wildman–Crippen LogP) is 4.45. The molecule has 0 aliphatic heterocycles. The van der Waals surface area contributed by atoms with E-state index >= 15 is 0 Å². The van der Waals surface area contributed by atoms with Crippen LogP contribution in [0.1, 0.15) is 21.6 Å². The summed E-state index contributed by atoms with van der Waals surface area (Å²) in [6, 6.07) is 6.46. The van der Waals surface area contributed by atoms with E-state index in [1.165, 1.54) is 12.1 Å². The van der Waals surface area contributed by atoms with E-state index in [0.717, 1.165) is 5.56 Å². The van der Waals surface area contributed by atoms with Crippen molar-refractivity contribution in [2.75, 3.05) is 5.32 Å². The van der Waals surface area contributed by atoms with Crippen molar-refractivity contribution >= 4 is 40.7 Å². The van der Waals surface area contributed by atoms with Crippen molar-refractivity contribution in [2.24, 2.45) is 0 Å². The molecule has 6 heteroatoms. The lowest BCUT2D eigenvalue weighted by molar-refractivity contribution is 0.0696. The van der Waals surface area contributed by atoms with E-state index in [4.69, 9.17) is 28.3 Å². The number of aromatic nitrogens is 1. The van der Waals surface area contributed by atoms with Gasteiger partial charge in [-0.05, 0) is 37.6 Å². The van der Waals surface area contributed by atoms with Gasteiger partial charge in [0.15, 0.2) is 0 Å². The molecule has 4 nitrogen and oxygen atoms in total. The van der Waals surface area contributed by atoms with Gasteiger partial charge in [0.2, 0.25) is 0 Å². The van der Waals surface area contributed by atoms with E-state index in [9.17, 15) is 4.79 Å². The summed E-state index contributed by atoms with van der Waals surface area (Å²) in [4.78, 5) is 15.3. The van der Waals surface area contributed by atoms with Gasteiger partial charge in [-0.3, -0.25) is 0 Å². The number of pyridine rings is 1. The van der Waals surface area contributed by atoms with Gasteiger partial charge in [0.1, 0.15) is 5.82 Å². The quantitative estimate of drug-likeness (QED) is 0.879. The van der Waals surface area contributed by atoms with Gasteiger partial charge >= 0.3 is 5.97 Å². The second-order valence-electron chi connectivity index (χ2n) is 4.37. The maximum atomic E-state index is 11.0. The number of halogens is 2. The second-order valence-corrected chi connectivity index (χ2v) is 5.15. The Hall–Kier alpha value is -1.78. The molecule has 0 unspecified atom stereocenters. The zero-order valence-corrected chi connectivity index (χ0v) is 12.4. The average Bonchev–Trinajstić information content (AvgIpc) is 2.38. The van der Waals surface area contributed by atoms with Gasteiger partial charge in [0.05, 0.1) is 21.3 Å². The zero-order chi connectivity index (χ0) is 14.9. The Balaban J connectivity index is 2.45. The third-order valence-corrected chi connectivity index (χ3v) is 3.54. The van der Waals surface area contributed by atoms with Crippen LogP contribution in [-0.2, 0) is 0 Å². The third-order valence-electron chi connectivity index (χ3n) is 2.74. The van der Waals surface area contributed by atoms with Gasteiger partial charge in [0, 0.05) is 5.69 Å². The zero-order valence-electron chi connectivity index (χ0n) is 10.9. The minimum atomic E-state index is -1.01. The highest BCUT2D eigenvalue weighted by Crippen LogP contribution is 2.34. The number of aryl methyl sites for hydroxylation is 2. The molecule has 1 aromatic carbocycles. The first-order chi connectivity index (χ1) is 9.38. The smallest absolute Gasteiger partial charge is 0.335 e. The topological polar surface area (TPSA) is 62.2 Å². The Morgan fingerprint density at radius 1 is 1.25 bits per heavy atom. The molecule has 0 spiro atoms. The Bertz CT molecular complexity index is 687. The first kappa shape index (κ1) is 14.6. The molecule has 2 N–H and O–H groups in total. The van der Waals surface area contributed by atoms with Crippen LogP contribution < -0.4 is 5.32 Å². The molecule has 2 aromatic rings. The van der Waals surface area contributed by atoms with Gasteiger partial charge < -0.3 is 10.4 Å². The number of rotatable bonds is 3. The number of anilines is 2. The summed E-state index contributed by atoms with van der Waals surface area (Å²) in [6.07, 6.45) is 0. The number of aromatic carboxylic acids is 1. The van der Waals surface area contributed by atoms with Gasteiger partial charge in [-0.1, -0.05) is 29.3 Å². The molecule has 0 atom stereocenters. The molecule has 0 aliphatic rings. The molecular weight excluding hydrogens is 299 g/mol. The SMILES string of the molecule is Cc1cc(C(=O)O)cc(Nc2c(Cl)ccc(C)c2Cl)n1. The van der Waals surface area contributed by atoms with Crippen LogP contribution in [0.5, 0.6) is 0 Å². The van der Waals surface area contributed by atoms with Crippen LogP contribution in [0, 0.1) is 13.8 Å². The van der Waals surface area contributed by atoms with Crippen molar-refractivity contribution in [3.8, 4) is 0 Å². The van der Waals surface area contributed by atoms with Crippen molar-refractivity contribution in [3.05, 3.63) is 51.1 Å². The number of nitrogens with one attached hydrogen (secondary N) is 1. The molecule has 20 heavy (non-hydrogen) atoms. The Kier molecular flexibility index (Phi) is 4.16. The molecule has 104 valence electrons. The van der Waals surface area contributed by atoms with Crippen LogP contribution in [0.25, 0.3) is 0 Å². The summed E-state index contributed by atoms with van der Waals surface area (Å²) in [5, 5.41) is 13.0. The van der Waals surface area contributed by atoms with E-state index in [1.54, 1.807) is 13.0 Å². The minimum Gasteiger partial charge on any atom is -0.478 e. The molecule has 1 heterocycles. The molecule has 0 radical (unpaired) electrons. The maximum absolute atomic E-state index is 11.0. The maximum Gasteiger partial charge on any atom is 0.335 e. The summed E-state index contributed by atoms with van der Waals surface area (Å²) in [5.41, 5.74) is 2.12. The highest BCUT2D eigenvalue weighted by atomic mass is 35.5. The molecular formula is C14H12Cl2N2O2. The molecule has 0 saturated carbocycles. The number of carbonyl (C=O) groups is 1. The normalized spacial score (nSPS) is 10.4. The number of carboxylic acid groups (broad SMARTS) is 1. The largest absolute Gasteiger partial charge is 0.478 e. The lowest BCUT2D eigenvalue weighted by Gasteiger charge is -2.12.